The molecule has 3 amide bonds. The first-order valence-electron chi connectivity index (χ1n) is 9.77. The predicted octanol–water partition coefficient (Wildman–Crippen LogP) is 2.23. The normalized spacial score (nSPS) is 21.0. The minimum absolute atomic E-state index is 0.224. The van der Waals surface area contributed by atoms with Gasteiger partial charge < -0.3 is 20.7 Å². The monoisotopic (exact) mass is 443 g/mol. The van der Waals surface area contributed by atoms with Crippen molar-refractivity contribution in [1.82, 2.24) is 10.2 Å². The van der Waals surface area contributed by atoms with Crippen molar-refractivity contribution < 1.29 is 23.5 Å². The van der Waals surface area contributed by atoms with Crippen molar-refractivity contribution >= 4 is 49.2 Å². The SMILES string of the molecule is COC[C@@]1(F)C[C@@H](C(N)=O)N(C(=O)CNC(=O)c2ccc3sc4ccccc4c3c2)C1. The van der Waals surface area contributed by atoms with E-state index in [1.54, 1.807) is 23.5 Å². The minimum Gasteiger partial charge on any atom is -0.381 e. The Hall–Kier alpha value is -3.04. The number of nitrogens with two attached hydrogens (primary N) is 1. The average molecular weight is 444 g/mol. The van der Waals surface area contributed by atoms with Gasteiger partial charge in [-0.2, -0.15) is 0 Å². The van der Waals surface area contributed by atoms with E-state index < -0.39 is 29.4 Å². The Morgan fingerprint density at radius 1 is 1.23 bits per heavy atom. The molecule has 0 spiro atoms. The standard InChI is InChI=1S/C22H22FN3O4S/c1-30-12-22(23)9-16(20(24)28)26(11-22)19(27)10-25-21(29)13-6-7-18-15(8-13)14-4-2-3-5-17(14)31-18/h2-8,16H,9-12H2,1H3,(H2,24,28)(H,25,29)/t16-,22+/m0/s1. The Bertz CT molecular complexity index is 1180. The van der Waals surface area contributed by atoms with Crippen LogP contribution in [0.3, 0.4) is 0 Å². The number of carbonyl (C=O) groups excluding carboxylic acids is 3. The van der Waals surface area contributed by atoms with E-state index in [2.05, 4.69) is 5.32 Å². The van der Waals surface area contributed by atoms with Crippen LogP contribution in [0.25, 0.3) is 20.2 Å². The number of benzene rings is 2. The summed E-state index contributed by atoms with van der Waals surface area (Å²) in [6, 6.07) is 12.2. The van der Waals surface area contributed by atoms with Crippen LogP contribution in [0.2, 0.25) is 0 Å². The summed E-state index contributed by atoms with van der Waals surface area (Å²) in [5.41, 5.74) is 3.92. The van der Waals surface area contributed by atoms with E-state index in [1.807, 2.05) is 30.3 Å². The third kappa shape index (κ3) is 4.11. The fraction of sp³-hybridized carbons (Fsp3) is 0.318. The van der Waals surface area contributed by atoms with Crippen molar-refractivity contribution in [2.45, 2.75) is 18.1 Å². The van der Waals surface area contributed by atoms with Crippen molar-refractivity contribution in [3.05, 3.63) is 48.0 Å². The fourth-order valence-corrected chi connectivity index (χ4v) is 5.13. The van der Waals surface area contributed by atoms with Crippen LogP contribution in [0.1, 0.15) is 16.8 Å². The van der Waals surface area contributed by atoms with E-state index in [0.29, 0.717) is 5.56 Å². The molecule has 162 valence electrons. The van der Waals surface area contributed by atoms with E-state index >= 15 is 0 Å². The zero-order valence-corrected chi connectivity index (χ0v) is 17.7. The van der Waals surface area contributed by atoms with Crippen molar-refractivity contribution in [2.24, 2.45) is 5.73 Å². The number of fused-ring (bicyclic) bond motifs is 3. The number of halogens is 1. The second-order valence-corrected chi connectivity index (χ2v) is 8.80. The molecule has 31 heavy (non-hydrogen) atoms. The first-order valence-corrected chi connectivity index (χ1v) is 10.6. The zero-order valence-electron chi connectivity index (χ0n) is 16.9. The number of nitrogens with one attached hydrogen (secondary N) is 1. The van der Waals surface area contributed by atoms with Gasteiger partial charge in [0.2, 0.25) is 11.8 Å². The highest BCUT2D eigenvalue weighted by molar-refractivity contribution is 7.25. The number of methoxy groups -OCH3 is 1. The third-order valence-corrected chi connectivity index (χ3v) is 6.63. The van der Waals surface area contributed by atoms with Crippen LogP contribution in [0.4, 0.5) is 4.39 Å². The Morgan fingerprint density at radius 3 is 2.71 bits per heavy atom. The molecule has 2 heterocycles. The van der Waals surface area contributed by atoms with Gasteiger partial charge in [-0.25, -0.2) is 4.39 Å². The molecule has 2 atom stereocenters. The first kappa shape index (κ1) is 21.2. The van der Waals surface area contributed by atoms with Crippen molar-refractivity contribution in [3.63, 3.8) is 0 Å². The highest BCUT2D eigenvalue weighted by Gasteiger charge is 2.48. The topological polar surface area (TPSA) is 102 Å². The summed E-state index contributed by atoms with van der Waals surface area (Å²) in [7, 11) is 1.35. The predicted molar refractivity (Wildman–Crippen MR) is 117 cm³/mol. The highest BCUT2D eigenvalue weighted by atomic mass is 32.1. The zero-order chi connectivity index (χ0) is 22.2. The number of thiophene rings is 1. The van der Waals surface area contributed by atoms with Crippen LogP contribution in [-0.4, -0.2) is 61.1 Å². The molecule has 7 nitrogen and oxygen atoms in total. The number of nitrogens with zero attached hydrogens (tertiary/aromatic N) is 1. The van der Waals surface area contributed by atoms with Gasteiger partial charge in [0.25, 0.3) is 5.91 Å². The summed E-state index contributed by atoms with van der Waals surface area (Å²) >= 11 is 1.64. The number of hydrogen-bond donors (Lipinski definition) is 2. The van der Waals surface area contributed by atoms with Crippen LogP contribution in [0.5, 0.6) is 0 Å². The van der Waals surface area contributed by atoms with Gasteiger partial charge in [-0.3, -0.25) is 14.4 Å². The number of alkyl halides is 1. The average Bonchev–Trinajstić information content (AvgIpc) is 3.29. The fourth-order valence-electron chi connectivity index (χ4n) is 4.04. The van der Waals surface area contributed by atoms with Crippen LogP contribution >= 0.6 is 11.3 Å². The molecule has 2 aromatic carbocycles. The second kappa shape index (κ2) is 8.24. The van der Waals surface area contributed by atoms with Gasteiger partial charge in [-0.15, -0.1) is 11.3 Å². The number of likely N-dealkylation sites (tertiary alicyclic amines) is 1. The van der Waals surface area contributed by atoms with Crippen molar-refractivity contribution in [2.75, 3.05) is 26.8 Å². The number of hydrogen-bond acceptors (Lipinski definition) is 5. The smallest absolute Gasteiger partial charge is 0.251 e. The molecule has 0 bridgehead atoms. The lowest BCUT2D eigenvalue weighted by molar-refractivity contribution is -0.136. The molecular weight excluding hydrogens is 421 g/mol. The lowest BCUT2D eigenvalue weighted by Crippen LogP contribution is -2.47. The number of primary amides is 1. The highest BCUT2D eigenvalue weighted by Crippen LogP contribution is 2.34. The molecule has 1 fully saturated rings. The minimum atomic E-state index is -1.85. The number of rotatable bonds is 6. The summed E-state index contributed by atoms with van der Waals surface area (Å²) in [4.78, 5) is 38.1. The van der Waals surface area contributed by atoms with Gasteiger partial charge in [0, 0.05) is 39.3 Å². The summed E-state index contributed by atoms with van der Waals surface area (Å²) < 4.78 is 21.9. The Labute approximate surface area is 181 Å². The van der Waals surface area contributed by atoms with E-state index in [0.717, 1.165) is 25.1 Å². The molecular formula is C22H22FN3O4S. The van der Waals surface area contributed by atoms with Crippen LogP contribution < -0.4 is 11.1 Å². The van der Waals surface area contributed by atoms with Crippen molar-refractivity contribution in [3.8, 4) is 0 Å². The van der Waals surface area contributed by atoms with Gasteiger partial charge >= 0.3 is 0 Å². The van der Waals surface area contributed by atoms with Gasteiger partial charge in [-0.1, -0.05) is 18.2 Å². The summed E-state index contributed by atoms with van der Waals surface area (Å²) in [6.07, 6.45) is -0.224. The first-order chi connectivity index (χ1) is 14.8. The Kier molecular flexibility index (Phi) is 5.63. The maximum Gasteiger partial charge on any atom is 0.251 e. The third-order valence-electron chi connectivity index (χ3n) is 5.48. The Morgan fingerprint density at radius 2 is 1.97 bits per heavy atom. The number of carbonyl (C=O) groups is 3. The maximum absolute atomic E-state index is 14.8. The number of amides is 3. The molecule has 4 rings (SSSR count). The van der Waals surface area contributed by atoms with Gasteiger partial charge in [0.05, 0.1) is 19.7 Å². The summed E-state index contributed by atoms with van der Waals surface area (Å²) in [5.74, 6) is -1.79. The molecule has 1 aliphatic rings. The lowest BCUT2D eigenvalue weighted by atomic mass is 10.0. The Balaban J connectivity index is 1.47. The quantitative estimate of drug-likeness (QED) is 0.610. The van der Waals surface area contributed by atoms with E-state index in [4.69, 9.17) is 10.5 Å². The molecule has 0 radical (unpaired) electrons. The lowest BCUT2D eigenvalue weighted by Gasteiger charge is -2.22. The molecule has 1 saturated heterocycles. The van der Waals surface area contributed by atoms with E-state index in [9.17, 15) is 18.8 Å². The van der Waals surface area contributed by atoms with Gasteiger partial charge in [0.15, 0.2) is 5.67 Å². The van der Waals surface area contributed by atoms with E-state index in [-0.39, 0.29) is 26.1 Å². The van der Waals surface area contributed by atoms with Crippen LogP contribution in [-0.2, 0) is 14.3 Å². The summed E-state index contributed by atoms with van der Waals surface area (Å²) in [5, 5.41) is 4.60. The second-order valence-electron chi connectivity index (χ2n) is 7.72. The van der Waals surface area contributed by atoms with Crippen LogP contribution in [0.15, 0.2) is 42.5 Å². The van der Waals surface area contributed by atoms with Crippen molar-refractivity contribution in [1.29, 1.82) is 0 Å². The molecule has 9 heteroatoms. The summed E-state index contributed by atoms with van der Waals surface area (Å²) in [6.45, 7) is -0.925. The molecule has 3 aromatic rings. The number of ether oxygens (including phenoxy) is 1. The van der Waals surface area contributed by atoms with Gasteiger partial charge in [0.1, 0.15) is 6.04 Å². The molecule has 3 N–H and O–H groups in total. The molecule has 0 saturated carbocycles. The molecule has 0 aliphatic carbocycles. The van der Waals surface area contributed by atoms with Gasteiger partial charge in [-0.05, 0) is 24.3 Å². The van der Waals surface area contributed by atoms with E-state index in [1.165, 1.54) is 7.11 Å². The maximum atomic E-state index is 14.8. The van der Waals surface area contributed by atoms with Crippen LogP contribution in [0, 0.1) is 0 Å². The molecule has 0 unspecified atom stereocenters. The molecule has 1 aliphatic heterocycles. The molecule has 1 aromatic heterocycles. The largest absolute Gasteiger partial charge is 0.381 e.